The van der Waals surface area contributed by atoms with Gasteiger partial charge in [0.25, 0.3) is 0 Å². The number of hydrogen-bond acceptors (Lipinski definition) is 3. The second-order valence-corrected chi connectivity index (χ2v) is 7.32. The lowest BCUT2D eigenvalue weighted by Crippen LogP contribution is -2.15. The highest BCUT2D eigenvalue weighted by Gasteiger charge is 2.27. The predicted octanol–water partition coefficient (Wildman–Crippen LogP) is 5.45. The summed E-state index contributed by atoms with van der Waals surface area (Å²) < 4.78 is 13.6. The van der Waals surface area contributed by atoms with Crippen molar-refractivity contribution in [3.8, 4) is 17.0 Å². The van der Waals surface area contributed by atoms with Gasteiger partial charge in [0.15, 0.2) is 0 Å². The van der Waals surface area contributed by atoms with Gasteiger partial charge in [0, 0.05) is 17.7 Å². The summed E-state index contributed by atoms with van der Waals surface area (Å²) in [6.45, 7) is 1.27. The summed E-state index contributed by atoms with van der Waals surface area (Å²) in [6.07, 6.45) is 0. The van der Waals surface area contributed by atoms with Crippen LogP contribution in [0, 0.1) is 0 Å². The van der Waals surface area contributed by atoms with Gasteiger partial charge < -0.3 is 14.0 Å². The molecule has 0 radical (unpaired) electrons. The maximum Gasteiger partial charge on any atom is 0.355 e. The van der Waals surface area contributed by atoms with Gasteiger partial charge in [-0.05, 0) is 29.3 Å². The molecule has 0 fully saturated rings. The quantitative estimate of drug-likeness (QED) is 0.422. The maximum atomic E-state index is 13.1. The Morgan fingerprint density at radius 3 is 2.30 bits per heavy atom. The van der Waals surface area contributed by atoms with Gasteiger partial charge in [0.05, 0.1) is 5.69 Å². The van der Waals surface area contributed by atoms with Crippen LogP contribution >= 0.6 is 0 Å². The zero-order valence-electron chi connectivity index (χ0n) is 16.5. The van der Waals surface area contributed by atoms with Crippen LogP contribution in [-0.2, 0) is 24.5 Å². The van der Waals surface area contributed by atoms with Crippen molar-refractivity contribution < 1.29 is 14.3 Å². The number of esters is 1. The first-order valence-corrected chi connectivity index (χ1v) is 9.99. The van der Waals surface area contributed by atoms with E-state index in [1.54, 1.807) is 0 Å². The Balaban J connectivity index is 1.54. The van der Waals surface area contributed by atoms with Crippen molar-refractivity contribution >= 4 is 5.97 Å². The molecule has 0 N–H and O–H groups in total. The lowest BCUT2D eigenvalue weighted by atomic mass is 10.0. The number of carbonyl (C=O) groups excluding carboxylic acids is 1. The monoisotopic (exact) mass is 395 g/mol. The van der Waals surface area contributed by atoms with Crippen LogP contribution in [0.25, 0.3) is 11.3 Å². The molecular formula is C26H21NO3. The molecule has 0 unspecified atom stereocenters. The van der Waals surface area contributed by atoms with Crippen LogP contribution in [0.2, 0.25) is 0 Å². The van der Waals surface area contributed by atoms with Crippen molar-refractivity contribution in [3.63, 3.8) is 0 Å². The third-order valence-electron chi connectivity index (χ3n) is 5.31. The smallest absolute Gasteiger partial charge is 0.355 e. The van der Waals surface area contributed by atoms with Crippen LogP contribution in [0.3, 0.4) is 0 Å². The van der Waals surface area contributed by atoms with Crippen LogP contribution in [0.4, 0.5) is 0 Å². The highest BCUT2D eigenvalue weighted by Crippen LogP contribution is 2.39. The van der Waals surface area contributed by atoms with Crippen LogP contribution in [0.15, 0.2) is 91.0 Å². The van der Waals surface area contributed by atoms with Crippen LogP contribution in [0.5, 0.6) is 5.75 Å². The van der Waals surface area contributed by atoms with E-state index in [-0.39, 0.29) is 12.6 Å². The standard InChI is InChI=1S/C26H21NO3/c28-26(30-17-20-11-5-2-6-12-20)23-15-21-18-29-24-14-8-7-13-22(24)25(21)27(23)16-19-9-3-1-4-10-19/h1-15H,16-18H2. The number of nitrogens with zero attached hydrogens (tertiary/aromatic N) is 1. The zero-order valence-corrected chi connectivity index (χ0v) is 16.5. The molecule has 5 rings (SSSR count). The summed E-state index contributed by atoms with van der Waals surface area (Å²) in [5.41, 5.74) is 5.64. The molecule has 0 atom stereocenters. The van der Waals surface area contributed by atoms with E-state index in [9.17, 15) is 4.79 Å². The summed E-state index contributed by atoms with van der Waals surface area (Å²) >= 11 is 0. The summed E-state index contributed by atoms with van der Waals surface area (Å²) in [7, 11) is 0. The van der Waals surface area contributed by atoms with Crippen molar-refractivity contribution in [2.45, 2.75) is 19.8 Å². The SMILES string of the molecule is O=C(OCc1ccccc1)c1cc2c(n1Cc1ccccc1)-c1ccccc1OC2. The topological polar surface area (TPSA) is 40.5 Å². The van der Waals surface area contributed by atoms with Gasteiger partial charge in [-0.15, -0.1) is 0 Å². The fourth-order valence-corrected chi connectivity index (χ4v) is 3.87. The third kappa shape index (κ3) is 3.48. The molecule has 148 valence electrons. The van der Waals surface area contributed by atoms with Crippen molar-refractivity contribution in [1.82, 2.24) is 4.57 Å². The molecule has 3 aromatic carbocycles. The molecule has 0 saturated heterocycles. The van der Waals surface area contributed by atoms with E-state index in [2.05, 4.69) is 16.7 Å². The van der Waals surface area contributed by atoms with E-state index in [0.29, 0.717) is 18.8 Å². The predicted molar refractivity (Wildman–Crippen MR) is 115 cm³/mol. The highest BCUT2D eigenvalue weighted by atomic mass is 16.5. The fourth-order valence-electron chi connectivity index (χ4n) is 3.87. The number of ether oxygens (including phenoxy) is 2. The summed E-state index contributed by atoms with van der Waals surface area (Å²) in [5.74, 6) is 0.503. The molecule has 0 aliphatic carbocycles. The van der Waals surface area contributed by atoms with Crippen molar-refractivity contribution in [1.29, 1.82) is 0 Å². The first-order chi connectivity index (χ1) is 14.8. The second-order valence-electron chi connectivity index (χ2n) is 7.32. The Bertz CT molecular complexity index is 1180. The molecule has 1 aliphatic heterocycles. The van der Waals surface area contributed by atoms with Crippen LogP contribution in [-0.4, -0.2) is 10.5 Å². The van der Waals surface area contributed by atoms with Crippen LogP contribution < -0.4 is 4.74 Å². The molecule has 0 spiro atoms. The van der Waals surface area contributed by atoms with Gasteiger partial charge in [-0.25, -0.2) is 4.79 Å². The van der Waals surface area contributed by atoms with Gasteiger partial charge >= 0.3 is 5.97 Å². The Morgan fingerprint density at radius 1 is 0.867 bits per heavy atom. The maximum absolute atomic E-state index is 13.1. The van der Waals surface area contributed by atoms with Gasteiger partial charge in [-0.2, -0.15) is 0 Å². The van der Waals surface area contributed by atoms with Gasteiger partial charge in [0.2, 0.25) is 0 Å². The summed E-state index contributed by atoms with van der Waals surface area (Å²) in [6, 6.07) is 29.7. The minimum atomic E-state index is -0.332. The molecule has 2 heterocycles. The van der Waals surface area contributed by atoms with E-state index < -0.39 is 0 Å². The second kappa shape index (κ2) is 7.91. The number of carbonyl (C=O) groups is 1. The Kier molecular flexibility index (Phi) is 4.81. The molecule has 0 bridgehead atoms. The minimum absolute atomic E-state index is 0.244. The minimum Gasteiger partial charge on any atom is -0.488 e. The average Bonchev–Trinajstić information content (AvgIpc) is 3.18. The number of rotatable bonds is 5. The highest BCUT2D eigenvalue weighted by molar-refractivity contribution is 5.91. The number of para-hydroxylation sites is 1. The first-order valence-electron chi connectivity index (χ1n) is 9.99. The molecule has 30 heavy (non-hydrogen) atoms. The van der Waals surface area contributed by atoms with Crippen LogP contribution in [0.1, 0.15) is 27.2 Å². The molecule has 1 aromatic heterocycles. The summed E-state index contributed by atoms with van der Waals surface area (Å²) in [5, 5.41) is 0. The lowest BCUT2D eigenvalue weighted by Gasteiger charge is -2.21. The molecular weight excluding hydrogens is 374 g/mol. The average molecular weight is 395 g/mol. The van der Waals surface area contributed by atoms with Gasteiger partial charge in [-0.3, -0.25) is 0 Å². The van der Waals surface area contributed by atoms with E-state index >= 15 is 0 Å². The fraction of sp³-hybridized carbons (Fsp3) is 0.115. The number of benzene rings is 3. The lowest BCUT2D eigenvalue weighted by molar-refractivity contribution is 0.0461. The Labute approximate surface area is 175 Å². The first kappa shape index (κ1) is 18.3. The molecule has 4 heteroatoms. The van der Waals surface area contributed by atoms with Crippen molar-refractivity contribution in [2.75, 3.05) is 0 Å². The van der Waals surface area contributed by atoms with E-state index in [0.717, 1.165) is 33.7 Å². The Morgan fingerprint density at radius 2 is 1.53 bits per heavy atom. The molecule has 0 amide bonds. The molecule has 0 saturated carbocycles. The van der Waals surface area contributed by atoms with Gasteiger partial charge in [0.1, 0.15) is 24.7 Å². The van der Waals surface area contributed by atoms with Gasteiger partial charge in [-0.1, -0.05) is 72.8 Å². The van der Waals surface area contributed by atoms with E-state index in [1.807, 2.05) is 78.9 Å². The van der Waals surface area contributed by atoms with E-state index in [4.69, 9.17) is 9.47 Å². The van der Waals surface area contributed by atoms with Crippen molar-refractivity contribution in [3.05, 3.63) is 113 Å². The third-order valence-corrected chi connectivity index (χ3v) is 5.31. The largest absolute Gasteiger partial charge is 0.488 e. The molecule has 4 aromatic rings. The molecule has 4 nitrogen and oxygen atoms in total. The number of hydrogen-bond donors (Lipinski definition) is 0. The summed E-state index contributed by atoms with van der Waals surface area (Å²) in [4.78, 5) is 13.1. The number of fused-ring (bicyclic) bond motifs is 3. The Hall–Kier alpha value is -3.79. The zero-order chi connectivity index (χ0) is 20.3. The van der Waals surface area contributed by atoms with Crippen molar-refractivity contribution in [2.24, 2.45) is 0 Å². The molecule has 1 aliphatic rings. The normalized spacial score (nSPS) is 11.9. The van der Waals surface area contributed by atoms with E-state index in [1.165, 1.54) is 0 Å². The number of aromatic nitrogens is 1.